The molecule has 0 N–H and O–H groups in total. The van der Waals surface area contributed by atoms with Gasteiger partial charge < -0.3 is 14.4 Å². The minimum absolute atomic E-state index is 0.203. The maximum absolute atomic E-state index is 13.6. The third-order valence-corrected chi connectivity index (χ3v) is 8.02. The molecule has 0 bridgehead atoms. The summed E-state index contributed by atoms with van der Waals surface area (Å²) < 4.78 is 11.1. The van der Waals surface area contributed by atoms with E-state index in [2.05, 4.69) is 9.80 Å². The Balaban J connectivity index is 1.36. The number of hydrogen-bond donors (Lipinski definition) is 0. The first-order chi connectivity index (χ1) is 13.2. The van der Waals surface area contributed by atoms with Crippen molar-refractivity contribution in [1.29, 1.82) is 0 Å². The van der Waals surface area contributed by atoms with Crippen molar-refractivity contribution in [3.63, 3.8) is 0 Å². The van der Waals surface area contributed by atoms with Crippen molar-refractivity contribution in [2.75, 3.05) is 19.9 Å². The SMILES string of the molecule is O=C1N(C2CCCC2)C[C@@H]2C[C@@H](c3cc4c(cc3Cl)OCO4)N3CCC[C@@]123. The van der Waals surface area contributed by atoms with Crippen molar-refractivity contribution in [2.24, 2.45) is 5.92 Å². The Bertz CT molecular complexity index is 809. The minimum atomic E-state index is -0.285. The van der Waals surface area contributed by atoms with Crippen molar-refractivity contribution in [3.8, 4) is 11.5 Å². The van der Waals surface area contributed by atoms with E-state index < -0.39 is 0 Å². The lowest BCUT2D eigenvalue weighted by Crippen LogP contribution is -2.51. The van der Waals surface area contributed by atoms with Crippen molar-refractivity contribution in [3.05, 3.63) is 22.7 Å². The van der Waals surface area contributed by atoms with E-state index in [9.17, 15) is 4.79 Å². The van der Waals surface area contributed by atoms with Gasteiger partial charge in [-0.2, -0.15) is 0 Å². The largest absolute Gasteiger partial charge is 0.454 e. The average Bonchev–Trinajstić information content (AvgIpc) is 3.42. The molecule has 4 aliphatic heterocycles. The van der Waals surface area contributed by atoms with Crippen LogP contribution in [0.5, 0.6) is 11.5 Å². The smallest absolute Gasteiger partial charge is 0.243 e. The molecule has 1 aliphatic carbocycles. The van der Waals surface area contributed by atoms with Crippen molar-refractivity contribution in [2.45, 2.75) is 62.6 Å². The van der Waals surface area contributed by atoms with Gasteiger partial charge in [-0.1, -0.05) is 24.4 Å². The summed E-state index contributed by atoms with van der Waals surface area (Å²) in [6, 6.07) is 4.60. The average molecular weight is 389 g/mol. The highest BCUT2D eigenvalue weighted by Crippen LogP contribution is 2.58. The summed E-state index contributed by atoms with van der Waals surface area (Å²) >= 11 is 6.64. The number of carbonyl (C=O) groups is 1. The summed E-state index contributed by atoms with van der Waals surface area (Å²) in [5.74, 6) is 2.32. The van der Waals surface area contributed by atoms with E-state index >= 15 is 0 Å². The lowest BCUT2D eigenvalue weighted by Gasteiger charge is -2.35. The molecule has 1 saturated carbocycles. The predicted octanol–water partition coefficient (Wildman–Crippen LogP) is 3.75. The van der Waals surface area contributed by atoms with E-state index in [0.717, 1.165) is 54.4 Å². The van der Waals surface area contributed by atoms with E-state index in [4.69, 9.17) is 21.1 Å². The van der Waals surface area contributed by atoms with Crippen molar-refractivity contribution >= 4 is 17.5 Å². The summed E-state index contributed by atoms with van der Waals surface area (Å²) in [5.41, 5.74) is 0.810. The number of benzene rings is 1. The third kappa shape index (κ3) is 2.13. The van der Waals surface area contributed by atoms with Gasteiger partial charge in [-0.25, -0.2) is 0 Å². The zero-order valence-corrected chi connectivity index (χ0v) is 16.2. The molecule has 6 heteroatoms. The highest BCUT2D eigenvalue weighted by molar-refractivity contribution is 6.31. The highest BCUT2D eigenvalue weighted by Gasteiger charge is 2.66. The topological polar surface area (TPSA) is 42.0 Å². The van der Waals surface area contributed by atoms with Crippen LogP contribution in [-0.2, 0) is 4.79 Å². The number of likely N-dealkylation sites (tertiary alicyclic amines) is 1. The number of amides is 1. The molecule has 27 heavy (non-hydrogen) atoms. The minimum Gasteiger partial charge on any atom is -0.454 e. The van der Waals surface area contributed by atoms with E-state index in [1.165, 1.54) is 25.7 Å². The van der Waals surface area contributed by atoms with Gasteiger partial charge in [0, 0.05) is 35.6 Å². The van der Waals surface area contributed by atoms with Crippen LogP contribution in [0.3, 0.4) is 0 Å². The van der Waals surface area contributed by atoms with Gasteiger partial charge in [-0.05, 0) is 50.3 Å². The van der Waals surface area contributed by atoms with Crippen LogP contribution >= 0.6 is 11.6 Å². The normalized spacial score (nSPS) is 35.3. The Labute approximate surface area is 164 Å². The standard InChI is InChI=1S/C21H25ClN2O3/c22-16-10-19-18(26-12-27-19)9-15(16)17-8-13-11-23(14-4-1-2-5-14)20(25)21(13)6-3-7-24(17)21/h9-10,13-14,17H,1-8,11-12H2/t13-,17-,21-/m0/s1. The van der Waals surface area contributed by atoms with Crippen LogP contribution in [0.4, 0.5) is 0 Å². The van der Waals surface area contributed by atoms with Gasteiger partial charge >= 0.3 is 0 Å². The molecule has 5 aliphatic rings. The van der Waals surface area contributed by atoms with E-state index in [-0.39, 0.29) is 18.4 Å². The Morgan fingerprint density at radius 2 is 1.89 bits per heavy atom. The van der Waals surface area contributed by atoms with Gasteiger partial charge in [0.05, 0.1) is 0 Å². The monoisotopic (exact) mass is 388 g/mol. The van der Waals surface area contributed by atoms with E-state index in [1.807, 2.05) is 12.1 Å². The molecule has 3 atom stereocenters. The maximum atomic E-state index is 13.6. The molecular weight excluding hydrogens is 364 g/mol. The first-order valence-electron chi connectivity index (χ1n) is 10.4. The third-order valence-electron chi connectivity index (χ3n) is 7.69. The van der Waals surface area contributed by atoms with Crippen LogP contribution in [0.25, 0.3) is 0 Å². The molecule has 144 valence electrons. The Morgan fingerprint density at radius 3 is 2.70 bits per heavy atom. The molecule has 1 aromatic rings. The number of rotatable bonds is 2. The quantitative estimate of drug-likeness (QED) is 0.773. The van der Waals surface area contributed by atoms with Crippen LogP contribution in [0.2, 0.25) is 5.02 Å². The molecule has 4 fully saturated rings. The number of hydrogen-bond acceptors (Lipinski definition) is 4. The summed E-state index contributed by atoms with van der Waals surface area (Å²) in [4.78, 5) is 18.4. The number of ether oxygens (including phenoxy) is 2. The lowest BCUT2D eigenvalue weighted by atomic mass is 9.85. The maximum Gasteiger partial charge on any atom is 0.243 e. The fourth-order valence-electron chi connectivity index (χ4n) is 6.54. The molecule has 0 aromatic heterocycles. The molecule has 0 unspecified atom stereocenters. The zero-order chi connectivity index (χ0) is 18.2. The van der Waals surface area contributed by atoms with Crippen molar-refractivity contribution < 1.29 is 14.3 Å². The van der Waals surface area contributed by atoms with Crippen LogP contribution in [-0.4, -0.2) is 47.2 Å². The molecule has 3 saturated heterocycles. The summed E-state index contributed by atoms with van der Waals surface area (Å²) in [6.45, 7) is 2.17. The van der Waals surface area contributed by atoms with Gasteiger partial charge in [0.15, 0.2) is 11.5 Å². The van der Waals surface area contributed by atoms with Gasteiger partial charge in [0.1, 0.15) is 5.54 Å². The molecule has 1 spiro atoms. The van der Waals surface area contributed by atoms with Crippen LogP contribution in [0, 0.1) is 5.92 Å². The second kappa shape index (κ2) is 5.77. The highest BCUT2D eigenvalue weighted by atomic mass is 35.5. The molecule has 1 amide bonds. The fourth-order valence-corrected chi connectivity index (χ4v) is 6.82. The molecule has 5 nitrogen and oxygen atoms in total. The molecule has 0 radical (unpaired) electrons. The molecule has 1 aromatic carbocycles. The second-order valence-corrected chi connectivity index (χ2v) is 9.20. The van der Waals surface area contributed by atoms with Crippen LogP contribution in [0.15, 0.2) is 12.1 Å². The summed E-state index contributed by atoms with van der Waals surface area (Å²) in [5, 5.41) is 0.728. The van der Waals surface area contributed by atoms with Gasteiger partial charge in [0.25, 0.3) is 0 Å². The number of carbonyl (C=O) groups excluding carboxylic acids is 1. The molecule has 6 rings (SSSR count). The van der Waals surface area contributed by atoms with Crippen LogP contribution in [0.1, 0.15) is 56.6 Å². The summed E-state index contributed by atoms with van der Waals surface area (Å²) in [7, 11) is 0. The van der Waals surface area contributed by atoms with Crippen molar-refractivity contribution in [1.82, 2.24) is 9.80 Å². The Kier molecular flexibility index (Phi) is 3.52. The van der Waals surface area contributed by atoms with Crippen LogP contribution < -0.4 is 9.47 Å². The first kappa shape index (κ1) is 16.5. The molecular formula is C21H25ClN2O3. The fraction of sp³-hybridized carbons (Fsp3) is 0.667. The van der Waals surface area contributed by atoms with Gasteiger partial charge in [0.2, 0.25) is 12.7 Å². The Morgan fingerprint density at radius 1 is 1.11 bits per heavy atom. The van der Waals surface area contributed by atoms with E-state index in [1.54, 1.807) is 0 Å². The number of halogens is 1. The lowest BCUT2D eigenvalue weighted by molar-refractivity contribution is -0.138. The van der Waals surface area contributed by atoms with Gasteiger partial charge in [-0.3, -0.25) is 9.69 Å². The summed E-state index contributed by atoms with van der Waals surface area (Å²) in [6.07, 6.45) is 8.01. The second-order valence-electron chi connectivity index (χ2n) is 8.79. The van der Waals surface area contributed by atoms with Gasteiger partial charge in [-0.15, -0.1) is 0 Å². The molecule has 4 heterocycles. The number of nitrogens with zero attached hydrogens (tertiary/aromatic N) is 2. The Hall–Kier alpha value is -1.46. The van der Waals surface area contributed by atoms with E-state index in [0.29, 0.717) is 17.9 Å². The predicted molar refractivity (Wildman–Crippen MR) is 101 cm³/mol. The number of fused-ring (bicyclic) bond motifs is 1. The zero-order valence-electron chi connectivity index (χ0n) is 15.5. The first-order valence-corrected chi connectivity index (χ1v) is 10.7.